The van der Waals surface area contributed by atoms with Gasteiger partial charge in [-0.3, -0.25) is 9.69 Å². The number of nitrogens with one attached hydrogen (secondary N) is 1. The summed E-state index contributed by atoms with van der Waals surface area (Å²) >= 11 is 0. The van der Waals surface area contributed by atoms with Crippen LogP contribution in [0.5, 0.6) is 0 Å². The molecule has 1 aliphatic carbocycles. The lowest BCUT2D eigenvalue weighted by Crippen LogP contribution is -2.46. The maximum atomic E-state index is 11.8. The fourth-order valence-electron chi connectivity index (χ4n) is 1.94. The van der Waals surface area contributed by atoms with Gasteiger partial charge in [0.05, 0.1) is 6.04 Å². The molecule has 0 spiro atoms. The lowest BCUT2D eigenvalue weighted by Gasteiger charge is -2.25. The summed E-state index contributed by atoms with van der Waals surface area (Å²) in [5.74, 6) is -0.0536. The van der Waals surface area contributed by atoms with Crippen LogP contribution in [0.3, 0.4) is 0 Å². The molecule has 0 bridgehead atoms. The van der Waals surface area contributed by atoms with Gasteiger partial charge in [-0.1, -0.05) is 0 Å². The minimum absolute atomic E-state index is 0.0536. The Balaban J connectivity index is 2.14. The Morgan fingerprint density at radius 2 is 2.22 bits per heavy atom. The Labute approximate surface area is 110 Å². The molecule has 0 aromatic carbocycles. The number of rotatable bonds is 9. The summed E-state index contributed by atoms with van der Waals surface area (Å²) in [5, 5.41) is 2.93. The molecule has 5 nitrogen and oxygen atoms in total. The number of likely N-dealkylation sites (N-methyl/N-ethyl adjacent to an activating group) is 1. The smallest absolute Gasteiger partial charge is 0.236 e. The standard InChI is InChI=1S/C13H27N3O2/c1-10(16(2)11-6-7-11)9-15-13(17)12(14)5-4-8-18-3/h10-12H,4-9,14H2,1-3H3,(H,15,17). The fourth-order valence-corrected chi connectivity index (χ4v) is 1.94. The number of carbonyl (C=O) groups excluding carboxylic acids is 1. The van der Waals surface area contributed by atoms with E-state index in [-0.39, 0.29) is 5.91 Å². The summed E-state index contributed by atoms with van der Waals surface area (Å²) in [6, 6.07) is 0.665. The first kappa shape index (κ1) is 15.4. The Bertz CT molecular complexity index is 257. The molecule has 1 rings (SSSR count). The van der Waals surface area contributed by atoms with Gasteiger partial charge in [0.1, 0.15) is 0 Å². The molecule has 0 heterocycles. The Hall–Kier alpha value is -0.650. The Morgan fingerprint density at radius 1 is 1.56 bits per heavy atom. The van der Waals surface area contributed by atoms with E-state index < -0.39 is 6.04 Å². The first-order valence-electron chi connectivity index (χ1n) is 6.80. The van der Waals surface area contributed by atoms with Gasteiger partial charge in [0.15, 0.2) is 0 Å². The number of hydrogen-bond acceptors (Lipinski definition) is 4. The third kappa shape index (κ3) is 5.33. The van der Waals surface area contributed by atoms with Crippen LogP contribution in [0, 0.1) is 0 Å². The molecule has 1 saturated carbocycles. The third-order valence-electron chi connectivity index (χ3n) is 3.59. The number of carbonyl (C=O) groups is 1. The monoisotopic (exact) mass is 257 g/mol. The summed E-state index contributed by atoms with van der Waals surface area (Å²) < 4.78 is 4.94. The van der Waals surface area contributed by atoms with Crippen LogP contribution >= 0.6 is 0 Å². The van der Waals surface area contributed by atoms with E-state index in [0.717, 1.165) is 6.42 Å². The largest absolute Gasteiger partial charge is 0.385 e. The van der Waals surface area contributed by atoms with Gasteiger partial charge in [-0.05, 0) is 39.7 Å². The lowest BCUT2D eigenvalue weighted by atomic mass is 10.1. The van der Waals surface area contributed by atoms with Gasteiger partial charge in [-0.25, -0.2) is 0 Å². The molecule has 0 saturated heterocycles. The van der Waals surface area contributed by atoms with E-state index in [4.69, 9.17) is 10.5 Å². The van der Waals surface area contributed by atoms with Crippen molar-refractivity contribution in [3.63, 3.8) is 0 Å². The summed E-state index contributed by atoms with van der Waals surface area (Å²) in [6.07, 6.45) is 4.06. The molecule has 106 valence electrons. The molecular weight excluding hydrogens is 230 g/mol. The number of ether oxygens (including phenoxy) is 1. The van der Waals surface area contributed by atoms with E-state index in [1.54, 1.807) is 7.11 Å². The average molecular weight is 257 g/mol. The second-order valence-electron chi connectivity index (χ2n) is 5.23. The number of hydrogen-bond donors (Lipinski definition) is 2. The van der Waals surface area contributed by atoms with Crippen LogP contribution in [0.25, 0.3) is 0 Å². The minimum atomic E-state index is -0.418. The molecule has 1 amide bonds. The van der Waals surface area contributed by atoms with Gasteiger partial charge in [-0.15, -0.1) is 0 Å². The summed E-state index contributed by atoms with van der Waals surface area (Å²) in [5.41, 5.74) is 5.81. The Kier molecular flexibility index (Phi) is 6.60. The highest BCUT2D eigenvalue weighted by Crippen LogP contribution is 2.26. The van der Waals surface area contributed by atoms with Crippen molar-refractivity contribution in [2.75, 3.05) is 27.3 Å². The normalized spacial score (nSPS) is 18.7. The first-order valence-corrected chi connectivity index (χ1v) is 6.80. The molecule has 1 aliphatic rings. The Morgan fingerprint density at radius 3 is 2.78 bits per heavy atom. The molecule has 0 aliphatic heterocycles. The van der Waals surface area contributed by atoms with Crippen LogP contribution in [0.1, 0.15) is 32.6 Å². The second kappa shape index (κ2) is 7.71. The van der Waals surface area contributed by atoms with Crippen molar-refractivity contribution in [1.29, 1.82) is 0 Å². The highest BCUT2D eigenvalue weighted by atomic mass is 16.5. The third-order valence-corrected chi connectivity index (χ3v) is 3.59. The fraction of sp³-hybridized carbons (Fsp3) is 0.923. The molecule has 5 heteroatoms. The molecule has 1 fully saturated rings. The van der Waals surface area contributed by atoms with Crippen molar-refractivity contribution in [3.8, 4) is 0 Å². The van der Waals surface area contributed by atoms with Gasteiger partial charge >= 0.3 is 0 Å². The van der Waals surface area contributed by atoms with Crippen molar-refractivity contribution >= 4 is 5.91 Å². The van der Waals surface area contributed by atoms with Crippen LogP contribution in [-0.2, 0) is 9.53 Å². The highest BCUT2D eigenvalue weighted by Gasteiger charge is 2.29. The van der Waals surface area contributed by atoms with Crippen LogP contribution in [-0.4, -0.2) is 56.2 Å². The summed E-state index contributed by atoms with van der Waals surface area (Å²) in [7, 11) is 3.77. The first-order chi connectivity index (χ1) is 8.56. The molecular formula is C13H27N3O2. The highest BCUT2D eigenvalue weighted by molar-refractivity contribution is 5.81. The molecule has 18 heavy (non-hydrogen) atoms. The van der Waals surface area contributed by atoms with E-state index in [2.05, 4.69) is 24.2 Å². The number of nitrogens with two attached hydrogens (primary N) is 1. The van der Waals surface area contributed by atoms with Gasteiger partial charge in [-0.2, -0.15) is 0 Å². The van der Waals surface area contributed by atoms with Crippen molar-refractivity contribution < 1.29 is 9.53 Å². The average Bonchev–Trinajstić information content (AvgIpc) is 3.18. The van der Waals surface area contributed by atoms with Gasteiger partial charge in [0.25, 0.3) is 0 Å². The predicted molar refractivity (Wildman–Crippen MR) is 72.3 cm³/mol. The van der Waals surface area contributed by atoms with E-state index in [1.165, 1.54) is 12.8 Å². The maximum Gasteiger partial charge on any atom is 0.236 e. The molecule has 0 aromatic heterocycles. The van der Waals surface area contributed by atoms with Crippen molar-refractivity contribution in [2.45, 2.75) is 50.7 Å². The molecule has 0 aromatic rings. The number of nitrogens with zero attached hydrogens (tertiary/aromatic N) is 1. The minimum Gasteiger partial charge on any atom is -0.385 e. The van der Waals surface area contributed by atoms with Gasteiger partial charge in [0, 0.05) is 32.3 Å². The SMILES string of the molecule is COCCCC(N)C(=O)NCC(C)N(C)C1CC1. The molecule has 0 radical (unpaired) electrons. The van der Waals surface area contributed by atoms with E-state index in [1.807, 2.05) is 0 Å². The zero-order chi connectivity index (χ0) is 13.5. The van der Waals surface area contributed by atoms with Crippen molar-refractivity contribution in [1.82, 2.24) is 10.2 Å². The quantitative estimate of drug-likeness (QED) is 0.585. The molecule has 2 unspecified atom stereocenters. The number of amides is 1. The van der Waals surface area contributed by atoms with Crippen LogP contribution < -0.4 is 11.1 Å². The summed E-state index contributed by atoms with van der Waals surface area (Å²) in [4.78, 5) is 14.1. The molecule has 2 atom stereocenters. The lowest BCUT2D eigenvalue weighted by molar-refractivity contribution is -0.122. The zero-order valence-electron chi connectivity index (χ0n) is 11.8. The van der Waals surface area contributed by atoms with Gasteiger partial charge < -0.3 is 15.8 Å². The van der Waals surface area contributed by atoms with E-state index in [0.29, 0.717) is 31.7 Å². The van der Waals surface area contributed by atoms with Crippen LogP contribution in [0.4, 0.5) is 0 Å². The topological polar surface area (TPSA) is 67.6 Å². The maximum absolute atomic E-state index is 11.8. The van der Waals surface area contributed by atoms with Crippen molar-refractivity contribution in [3.05, 3.63) is 0 Å². The number of methoxy groups -OCH3 is 1. The van der Waals surface area contributed by atoms with Crippen LogP contribution in [0.2, 0.25) is 0 Å². The van der Waals surface area contributed by atoms with E-state index in [9.17, 15) is 4.79 Å². The predicted octanol–water partition coefficient (Wildman–Crippen LogP) is 0.339. The molecule has 3 N–H and O–H groups in total. The zero-order valence-corrected chi connectivity index (χ0v) is 11.8. The van der Waals surface area contributed by atoms with Gasteiger partial charge in [0.2, 0.25) is 5.91 Å². The second-order valence-corrected chi connectivity index (χ2v) is 5.23. The van der Waals surface area contributed by atoms with Crippen molar-refractivity contribution in [2.24, 2.45) is 5.73 Å². The van der Waals surface area contributed by atoms with E-state index >= 15 is 0 Å². The summed E-state index contributed by atoms with van der Waals surface area (Å²) in [6.45, 7) is 3.46. The van der Waals surface area contributed by atoms with Crippen LogP contribution in [0.15, 0.2) is 0 Å².